The number of hydrogen-bond donors (Lipinski definition) is 0. The first-order valence-corrected chi connectivity index (χ1v) is 19.5. The number of rotatable bonds is 4. The predicted octanol–water partition coefficient (Wildman–Crippen LogP) is 14.9. The average Bonchev–Trinajstić information content (AvgIpc) is 3.61. The molecule has 1 heteroatoms. The van der Waals surface area contributed by atoms with Gasteiger partial charge in [0.15, 0.2) is 0 Å². The molecular weight excluding hydrogens is 663 g/mol. The van der Waals surface area contributed by atoms with E-state index >= 15 is 0 Å². The second-order valence-corrected chi connectivity index (χ2v) is 16.5. The van der Waals surface area contributed by atoms with E-state index < -0.39 is 0 Å². The molecule has 0 aliphatic heterocycles. The van der Waals surface area contributed by atoms with Crippen LogP contribution in [0.4, 0.5) is 17.1 Å². The summed E-state index contributed by atoms with van der Waals surface area (Å²) in [4.78, 5) is 2.54. The summed E-state index contributed by atoms with van der Waals surface area (Å²) in [6, 6.07) is 65.8. The molecule has 0 bridgehead atoms. The summed E-state index contributed by atoms with van der Waals surface area (Å²) in [5, 5.41) is 7.74. The van der Waals surface area contributed by atoms with Gasteiger partial charge in [-0.2, -0.15) is 0 Å². The Balaban J connectivity index is 1.10. The first-order valence-electron chi connectivity index (χ1n) is 19.5. The van der Waals surface area contributed by atoms with Crippen molar-refractivity contribution in [2.24, 2.45) is 0 Å². The molecule has 0 amide bonds. The molecule has 9 aromatic carbocycles. The molecule has 9 aromatic rings. The van der Waals surface area contributed by atoms with Gasteiger partial charge in [0.05, 0.1) is 11.4 Å². The zero-order valence-electron chi connectivity index (χ0n) is 31.7. The zero-order chi connectivity index (χ0) is 37.1. The lowest BCUT2D eigenvalue weighted by atomic mass is 9.82. The van der Waals surface area contributed by atoms with E-state index in [1.54, 1.807) is 0 Å². The van der Waals surface area contributed by atoms with E-state index in [4.69, 9.17) is 0 Å². The van der Waals surface area contributed by atoms with Crippen molar-refractivity contribution in [3.8, 4) is 33.4 Å². The lowest BCUT2D eigenvalue weighted by Crippen LogP contribution is -2.17. The highest BCUT2D eigenvalue weighted by Gasteiger charge is 2.40. The molecule has 0 heterocycles. The fraction of sp³-hybridized carbons (Fsp3) is 0.111. The number of benzene rings is 9. The van der Waals surface area contributed by atoms with E-state index in [1.807, 2.05) is 0 Å². The minimum absolute atomic E-state index is 0.0988. The molecule has 0 radical (unpaired) electrons. The Kier molecular flexibility index (Phi) is 6.72. The van der Waals surface area contributed by atoms with E-state index in [9.17, 15) is 0 Å². The topological polar surface area (TPSA) is 3.24 Å². The molecule has 0 saturated heterocycles. The lowest BCUT2D eigenvalue weighted by Gasteiger charge is -2.31. The van der Waals surface area contributed by atoms with Gasteiger partial charge in [0.1, 0.15) is 0 Å². The highest BCUT2D eigenvalue weighted by atomic mass is 15.1. The molecular formula is C54H41N. The summed E-state index contributed by atoms with van der Waals surface area (Å²) >= 11 is 0. The Labute approximate surface area is 323 Å². The Morgan fingerprint density at radius 2 is 0.855 bits per heavy atom. The SMILES string of the molecule is CC1(C)c2ccccc2-c2c(N(c3ccc(-c4ccc5c(ccc6ccc7ccccc7c65)c4)cc3)c3cccc4c3-c3ccccc3C4(C)C)cccc21. The minimum Gasteiger partial charge on any atom is -0.309 e. The maximum Gasteiger partial charge on any atom is 0.0543 e. The molecule has 2 aliphatic rings. The van der Waals surface area contributed by atoms with Crippen LogP contribution in [0.25, 0.3) is 65.7 Å². The quantitative estimate of drug-likeness (QED) is 0.165. The van der Waals surface area contributed by atoms with Gasteiger partial charge in [-0.1, -0.05) is 173 Å². The van der Waals surface area contributed by atoms with Crippen LogP contribution >= 0.6 is 0 Å². The number of anilines is 3. The molecule has 1 nitrogen and oxygen atoms in total. The van der Waals surface area contributed by atoms with Crippen molar-refractivity contribution in [2.45, 2.75) is 38.5 Å². The molecule has 11 rings (SSSR count). The summed E-state index contributed by atoms with van der Waals surface area (Å²) in [5.41, 5.74) is 16.6. The Bertz CT molecular complexity index is 2930. The van der Waals surface area contributed by atoms with Crippen LogP contribution < -0.4 is 4.90 Å². The first-order chi connectivity index (χ1) is 26.8. The van der Waals surface area contributed by atoms with Crippen LogP contribution in [0.15, 0.2) is 176 Å². The molecule has 0 atom stereocenters. The van der Waals surface area contributed by atoms with E-state index in [0.29, 0.717) is 0 Å². The molecule has 262 valence electrons. The maximum absolute atomic E-state index is 2.54. The van der Waals surface area contributed by atoms with Crippen molar-refractivity contribution >= 4 is 49.4 Å². The van der Waals surface area contributed by atoms with Gasteiger partial charge in [-0.3, -0.25) is 0 Å². The second kappa shape index (κ2) is 11.5. The van der Waals surface area contributed by atoms with Gasteiger partial charge in [-0.15, -0.1) is 0 Å². The third kappa shape index (κ3) is 4.53. The van der Waals surface area contributed by atoms with Crippen molar-refractivity contribution in [1.82, 2.24) is 0 Å². The molecule has 0 spiro atoms. The number of hydrogen-bond acceptors (Lipinski definition) is 1. The second-order valence-electron chi connectivity index (χ2n) is 16.5. The summed E-state index contributed by atoms with van der Waals surface area (Å²) in [5.74, 6) is 0. The fourth-order valence-corrected chi connectivity index (χ4v) is 10.1. The van der Waals surface area contributed by atoms with Crippen LogP contribution in [0.2, 0.25) is 0 Å². The average molecular weight is 704 g/mol. The normalized spacial score (nSPS) is 14.5. The molecule has 0 unspecified atom stereocenters. The van der Waals surface area contributed by atoms with Gasteiger partial charge >= 0.3 is 0 Å². The number of fused-ring (bicyclic) bond motifs is 11. The smallest absolute Gasteiger partial charge is 0.0543 e. The molecule has 0 fully saturated rings. The van der Waals surface area contributed by atoms with Gasteiger partial charge in [-0.05, 0) is 107 Å². The Hall–Kier alpha value is -6.44. The van der Waals surface area contributed by atoms with E-state index in [-0.39, 0.29) is 10.8 Å². The van der Waals surface area contributed by atoms with Gasteiger partial charge in [0, 0.05) is 27.6 Å². The minimum atomic E-state index is -0.0988. The predicted molar refractivity (Wildman–Crippen MR) is 234 cm³/mol. The van der Waals surface area contributed by atoms with Crippen LogP contribution in [0.5, 0.6) is 0 Å². The molecule has 55 heavy (non-hydrogen) atoms. The molecule has 0 aromatic heterocycles. The summed E-state index contributed by atoms with van der Waals surface area (Å²) in [6.07, 6.45) is 0. The monoisotopic (exact) mass is 703 g/mol. The van der Waals surface area contributed by atoms with Crippen molar-refractivity contribution in [3.05, 3.63) is 198 Å². The third-order valence-electron chi connectivity index (χ3n) is 12.8. The van der Waals surface area contributed by atoms with Gasteiger partial charge in [0.2, 0.25) is 0 Å². The Morgan fingerprint density at radius 1 is 0.364 bits per heavy atom. The summed E-state index contributed by atoms with van der Waals surface area (Å²) in [7, 11) is 0. The molecule has 0 saturated carbocycles. The Morgan fingerprint density at radius 3 is 1.49 bits per heavy atom. The van der Waals surface area contributed by atoms with Crippen LogP contribution in [0, 0.1) is 0 Å². The van der Waals surface area contributed by atoms with Crippen molar-refractivity contribution < 1.29 is 0 Å². The highest BCUT2D eigenvalue weighted by Crippen LogP contribution is 2.58. The van der Waals surface area contributed by atoms with E-state index in [2.05, 4.69) is 209 Å². The molecule has 2 aliphatic carbocycles. The van der Waals surface area contributed by atoms with Gasteiger partial charge in [-0.25, -0.2) is 0 Å². The van der Waals surface area contributed by atoms with Crippen LogP contribution in [-0.4, -0.2) is 0 Å². The number of nitrogens with zero attached hydrogens (tertiary/aromatic N) is 1. The standard InChI is InChI=1S/C54H41N/c1-53(2)44-17-9-7-15-42(44)51-46(53)19-11-21-48(51)55(49-22-12-20-47-52(49)43-16-8-10-18-45(43)54(47,3)4)39-30-27-34(28-31-39)37-29-32-41-38(33-37)26-25-36-24-23-35-13-5-6-14-40(35)50(36)41/h5-33H,1-4H3. The van der Waals surface area contributed by atoms with Gasteiger partial charge in [0.25, 0.3) is 0 Å². The fourth-order valence-electron chi connectivity index (χ4n) is 10.1. The third-order valence-corrected chi connectivity index (χ3v) is 12.8. The lowest BCUT2D eigenvalue weighted by molar-refractivity contribution is 0.660. The summed E-state index contributed by atoms with van der Waals surface area (Å²) in [6.45, 7) is 9.48. The van der Waals surface area contributed by atoms with Crippen molar-refractivity contribution in [1.29, 1.82) is 0 Å². The van der Waals surface area contributed by atoms with Crippen molar-refractivity contribution in [3.63, 3.8) is 0 Å². The van der Waals surface area contributed by atoms with Crippen LogP contribution in [-0.2, 0) is 10.8 Å². The highest BCUT2D eigenvalue weighted by molar-refractivity contribution is 6.20. The van der Waals surface area contributed by atoms with E-state index in [1.165, 1.54) is 99.3 Å². The van der Waals surface area contributed by atoms with Crippen molar-refractivity contribution in [2.75, 3.05) is 4.90 Å². The van der Waals surface area contributed by atoms with Gasteiger partial charge < -0.3 is 4.90 Å². The first kappa shape index (κ1) is 32.0. The largest absolute Gasteiger partial charge is 0.309 e. The molecule has 0 N–H and O–H groups in total. The van der Waals surface area contributed by atoms with Crippen LogP contribution in [0.3, 0.4) is 0 Å². The van der Waals surface area contributed by atoms with Crippen LogP contribution in [0.1, 0.15) is 49.9 Å². The zero-order valence-corrected chi connectivity index (χ0v) is 31.7. The van der Waals surface area contributed by atoms with E-state index in [0.717, 1.165) is 5.69 Å². The summed E-state index contributed by atoms with van der Waals surface area (Å²) < 4.78 is 0. The maximum atomic E-state index is 2.54.